The number of hydrogen-bond donors (Lipinski definition) is 1. The quantitative estimate of drug-likeness (QED) is 0.674. The van der Waals surface area contributed by atoms with E-state index in [-0.39, 0.29) is 11.8 Å². The Morgan fingerprint density at radius 3 is 2.43 bits per heavy atom. The minimum Gasteiger partial charge on any atom is -0.494 e. The predicted octanol–water partition coefficient (Wildman–Crippen LogP) is 3.63. The predicted molar refractivity (Wildman–Crippen MR) is 111 cm³/mol. The van der Waals surface area contributed by atoms with Gasteiger partial charge in [0.2, 0.25) is 11.8 Å². The maximum atomic E-state index is 12.8. The highest BCUT2D eigenvalue weighted by atomic mass is 16.5. The summed E-state index contributed by atoms with van der Waals surface area (Å²) in [6.07, 6.45) is 0.927. The Kier molecular flexibility index (Phi) is 8.05. The molecule has 0 heterocycles. The zero-order valence-corrected chi connectivity index (χ0v) is 17.2. The molecule has 1 unspecified atom stereocenters. The summed E-state index contributed by atoms with van der Waals surface area (Å²) < 4.78 is 5.70. The molecule has 1 N–H and O–H groups in total. The van der Waals surface area contributed by atoms with E-state index >= 15 is 0 Å². The summed E-state index contributed by atoms with van der Waals surface area (Å²) in [7, 11) is 1.59. The van der Waals surface area contributed by atoms with Crippen molar-refractivity contribution in [2.45, 2.75) is 46.2 Å². The lowest BCUT2D eigenvalue weighted by Crippen LogP contribution is -2.46. The van der Waals surface area contributed by atoms with Gasteiger partial charge in [-0.25, -0.2) is 0 Å². The summed E-state index contributed by atoms with van der Waals surface area (Å²) >= 11 is 0. The molecular formula is C23H30N2O3. The maximum absolute atomic E-state index is 12.8. The smallest absolute Gasteiger partial charge is 0.242 e. The molecule has 2 aromatic rings. The highest BCUT2D eigenvalue weighted by Crippen LogP contribution is 2.15. The van der Waals surface area contributed by atoms with Gasteiger partial charge in [-0.3, -0.25) is 9.59 Å². The lowest BCUT2D eigenvalue weighted by molar-refractivity contribution is -0.140. The molecule has 0 radical (unpaired) electrons. The van der Waals surface area contributed by atoms with Crippen LogP contribution in [-0.4, -0.2) is 36.4 Å². The minimum atomic E-state index is -0.531. The van der Waals surface area contributed by atoms with Gasteiger partial charge in [-0.1, -0.05) is 47.5 Å². The molecule has 0 aliphatic heterocycles. The van der Waals surface area contributed by atoms with Gasteiger partial charge in [-0.15, -0.1) is 0 Å². The van der Waals surface area contributed by atoms with Crippen LogP contribution in [0.15, 0.2) is 48.5 Å². The average molecular weight is 383 g/mol. The second kappa shape index (κ2) is 10.5. The molecule has 0 bridgehead atoms. The number of hydrogen-bond acceptors (Lipinski definition) is 3. The van der Waals surface area contributed by atoms with Gasteiger partial charge in [-0.05, 0) is 44.9 Å². The van der Waals surface area contributed by atoms with Gasteiger partial charge < -0.3 is 15.0 Å². The molecule has 0 fully saturated rings. The standard InChI is InChI=1S/C23H30N2O3/c1-17-10-12-21(13-11-17)28-14-6-9-22(26)25(19(3)23(27)24-4)16-20-8-5-7-18(2)15-20/h5,7-8,10-13,15,19H,6,9,14,16H2,1-4H3,(H,24,27). The number of carbonyl (C=O) groups is 2. The molecule has 2 amide bonds. The first kappa shape index (κ1) is 21.5. The summed E-state index contributed by atoms with van der Waals surface area (Å²) in [6, 6.07) is 15.3. The second-order valence-electron chi connectivity index (χ2n) is 7.07. The van der Waals surface area contributed by atoms with E-state index in [0.29, 0.717) is 26.0 Å². The van der Waals surface area contributed by atoms with Crippen LogP contribution < -0.4 is 10.1 Å². The zero-order chi connectivity index (χ0) is 20.5. The Morgan fingerprint density at radius 2 is 1.79 bits per heavy atom. The maximum Gasteiger partial charge on any atom is 0.242 e. The minimum absolute atomic E-state index is 0.0508. The third kappa shape index (κ3) is 6.41. The van der Waals surface area contributed by atoms with Crippen LogP contribution in [0, 0.1) is 13.8 Å². The lowest BCUT2D eigenvalue weighted by atomic mass is 10.1. The van der Waals surface area contributed by atoms with Gasteiger partial charge in [-0.2, -0.15) is 0 Å². The summed E-state index contributed by atoms with van der Waals surface area (Å²) in [5.41, 5.74) is 3.32. The van der Waals surface area contributed by atoms with Crippen molar-refractivity contribution in [3.05, 3.63) is 65.2 Å². The second-order valence-corrected chi connectivity index (χ2v) is 7.07. The number of nitrogens with zero attached hydrogens (tertiary/aromatic N) is 1. The van der Waals surface area contributed by atoms with Crippen molar-refractivity contribution < 1.29 is 14.3 Å². The van der Waals surface area contributed by atoms with Crippen LogP contribution in [0.5, 0.6) is 5.75 Å². The van der Waals surface area contributed by atoms with Gasteiger partial charge in [0.1, 0.15) is 11.8 Å². The number of benzene rings is 2. The van der Waals surface area contributed by atoms with Gasteiger partial charge in [0.15, 0.2) is 0 Å². The Bertz CT molecular complexity index is 787. The average Bonchev–Trinajstić information content (AvgIpc) is 2.69. The SMILES string of the molecule is CNC(=O)C(C)N(Cc1cccc(C)c1)C(=O)CCCOc1ccc(C)cc1. The molecule has 5 nitrogen and oxygen atoms in total. The van der Waals surface area contributed by atoms with Crippen molar-refractivity contribution in [1.29, 1.82) is 0 Å². The Balaban J connectivity index is 1.95. The van der Waals surface area contributed by atoms with Gasteiger partial charge in [0.05, 0.1) is 6.61 Å². The Hall–Kier alpha value is -2.82. The molecule has 0 saturated heterocycles. The number of ether oxygens (including phenoxy) is 1. The van der Waals surface area contributed by atoms with Crippen molar-refractivity contribution in [2.24, 2.45) is 0 Å². The van der Waals surface area contributed by atoms with Crippen LogP contribution in [0.25, 0.3) is 0 Å². The molecule has 0 aliphatic rings. The fraction of sp³-hybridized carbons (Fsp3) is 0.391. The fourth-order valence-electron chi connectivity index (χ4n) is 2.99. The monoisotopic (exact) mass is 382 g/mol. The van der Waals surface area contributed by atoms with Gasteiger partial charge in [0.25, 0.3) is 0 Å². The molecule has 0 saturated carbocycles. The summed E-state index contributed by atoms with van der Waals surface area (Å²) in [5, 5.41) is 2.63. The van der Waals surface area contributed by atoms with Crippen molar-refractivity contribution in [2.75, 3.05) is 13.7 Å². The number of rotatable bonds is 9. The van der Waals surface area contributed by atoms with Crippen LogP contribution in [0.2, 0.25) is 0 Å². The zero-order valence-electron chi connectivity index (χ0n) is 17.2. The molecule has 0 spiro atoms. The Morgan fingerprint density at radius 1 is 1.07 bits per heavy atom. The van der Waals surface area contributed by atoms with Crippen LogP contribution in [0.4, 0.5) is 0 Å². The number of amides is 2. The van der Waals surface area contributed by atoms with E-state index in [1.807, 2.05) is 62.4 Å². The first-order valence-electron chi connectivity index (χ1n) is 9.66. The third-order valence-corrected chi connectivity index (χ3v) is 4.67. The van der Waals surface area contributed by atoms with E-state index < -0.39 is 6.04 Å². The van der Waals surface area contributed by atoms with E-state index in [1.54, 1.807) is 18.9 Å². The van der Waals surface area contributed by atoms with E-state index in [0.717, 1.165) is 16.9 Å². The number of likely N-dealkylation sites (N-methyl/N-ethyl adjacent to an activating group) is 1. The van der Waals surface area contributed by atoms with Crippen LogP contribution in [0.1, 0.15) is 36.5 Å². The normalized spacial score (nSPS) is 11.6. The number of carbonyl (C=O) groups excluding carboxylic acids is 2. The van der Waals surface area contributed by atoms with Crippen LogP contribution >= 0.6 is 0 Å². The third-order valence-electron chi connectivity index (χ3n) is 4.67. The number of nitrogens with one attached hydrogen (secondary N) is 1. The van der Waals surface area contributed by atoms with Crippen molar-refractivity contribution in [3.63, 3.8) is 0 Å². The molecular weight excluding hydrogens is 352 g/mol. The molecule has 0 aliphatic carbocycles. The Labute approximate surface area is 167 Å². The lowest BCUT2D eigenvalue weighted by Gasteiger charge is -2.28. The molecule has 5 heteroatoms. The van der Waals surface area contributed by atoms with Gasteiger partial charge >= 0.3 is 0 Å². The van der Waals surface area contributed by atoms with Gasteiger partial charge in [0, 0.05) is 20.0 Å². The largest absolute Gasteiger partial charge is 0.494 e. The topological polar surface area (TPSA) is 58.6 Å². The molecule has 28 heavy (non-hydrogen) atoms. The summed E-state index contributed by atoms with van der Waals surface area (Å²) in [4.78, 5) is 26.6. The van der Waals surface area contributed by atoms with E-state index in [9.17, 15) is 9.59 Å². The first-order chi connectivity index (χ1) is 13.4. The number of aryl methyl sites for hydroxylation is 2. The first-order valence-corrected chi connectivity index (χ1v) is 9.66. The van der Waals surface area contributed by atoms with E-state index in [1.165, 1.54) is 5.56 Å². The highest BCUT2D eigenvalue weighted by Gasteiger charge is 2.25. The molecule has 0 aromatic heterocycles. The molecule has 150 valence electrons. The van der Waals surface area contributed by atoms with Crippen LogP contribution in [0.3, 0.4) is 0 Å². The van der Waals surface area contributed by atoms with Crippen molar-refractivity contribution in [3.8, 4) is 5.75 Å². The molecule has 2 rings (SSSR count). The van der Waals surface area contributed by atoms with Crippen molar-refractivity contribution >= 4 is 11.8 Å². The van der Waals surface area contributed by atoms with Crippen molar-refractivity contribution in [1.82, 2.24) is 10.2 Å². The molecule has 2 aromatic carbocycles. The summed E-state index contributed by atoms with van der Waals surface area (Å²) in [6.45, 7) is 6.67. The van der Waals surface area contributed by atoms with E-state index in [4.69, 9.17) is 4.74 Å². The fourth-order valence-corrected chi connectivity index (χ4v) is 2.99. The highest BCUT2D eigenvalue weighted by molar-refractivity contribution is 5.87. The van der Waals surface area contributed by atoms with Crippen LogP contribution in [-0.2, 0) is 16.1 Å². The van der Waals surface area contributed by atoms with E-state index in [2.05, 4.69) is 5.32 Å². The summed E-state index contributed by atoms with van der Waals surface area (Å²) in [5.74, 6) is 0.579. The molecule has 1 atom stereocenters.